The topological polar surface area (TPSA) is 71.8 Å². The summed E-state index contributed by atoms with van der Waals surface area (Å²) in [5.74, 6) is 3.17. The predicted octanol–water partition coefficient (Wildman–Crippen LogP) is 9.14. The molecule has 8 rings (SSSR count). The zero-order chi connectivity index (χ0) is 31.6. The minimum absolute atomic E-state index is 0.0352. The maximum Gasteiger partial charge on any atom is 0.349 e. The van der Waals surface area contributed by atoms with Crippen LogP contribution in [-0.2, 0) is 9.53 Å². The summed E-state index contributed by atoms with van der Waals surface area (Å²) in [5.41, 5.74) is 6.28. The fourth-order valence-electron chi connectivity index (χ4n) is 8.00. The highest BCUT2D eigenvalue weighted by atomic mass is 32.1. The smallest absolute Gasteiger partial charge is 0.349 e. The van der Waals surface area contributed by atoms with Crippen molar-refractivity contribution < 1.29 is 19.0 Å². The Kier molecular flexibility index (Phi) is 6.95. The Balaban J connectivity index is 1.09. The van der Waals surface area contributed by atoms with E-state index in [1.165, 1.54) is 36.2 Å². The van der Waals surface area contributed by atoms with Crippen molar-refractivity contribution in [3.8, 4) is 38.4 Å². The number of benzene rings is 3. The van der Waals surface area contributed by atoms with E-state index < -0.39 is 11.6 Å². The van der Waals surface area contributed by atoms with Crippen molar-refractivity contribution in [2.75, 3.05) is 18.1 Å². The molecule has 0 spiro atoms. The molecule has 4 aromatic rings. The fraction of sp³-hybridized carbons (Fsp3) is 0.333. The van der Waals surface area contributed by atoms with Gasteiger partial charge in [0.25, 0.3) is 0 Å². The van der Waals surface area contributed by atoms with Gasteiger partial charge in [-0.05, 0) is 98.4 Å². The highest BCUT2D eigenvalue weighted by Crippen LogP contribution is 2.62. The van der Waals surface area contributed by atoms with Crippen LogP contribution in [0, 0.1) is 23.2 Å². The molecule has 4 unspecified atom stereocenters. The number of rotatable bonds is 5. The van der Waals surface area contributed by atoms with Gasteiger partial charge in [-0.2, -0.15) is 5.26 Å². The average Bonchev–Trinajstić information content (AvgIpc) is 3.84. The number of hydrogen-bond acceptors (Lipinski definition) is 7. The lowest BCUT2D eigenvalue weighted by Gasteiger charge is -2.33. The highest BCUT2D eigenvalue weighted by Gasteiger charge is 2.55. The molecule has 2 bridgehead atoms. The lowest BCUT2D eigenvalue weighted by molar-refractivity contribution is -0.149. The van der Waals surface area contributed by atoms with Crippen molar-refractivity contribution in [3.05, 3.63) is 89.5 Å². The second-order valence-corrected chi connectivity index (χ2v) is 14.8. The van der Waals surface area contributed by atoms with Crippen molar-refractivity contribution in [3.63, 3.8) is 0 Å². The van der Waals surface area contributed by atoms with Gasteiger partial charge in [-0.1, -0.05) is 54.6 Å². The maximum atomic E-state index is 12.5. The summed E-state index contributed by atoms with van der Waals surface area (Å²) in [6.45, 7) is 6.35. The van der Waals surface area contributed by atoms with E-state index in [-0.39, 0.29) is 5.57 Å². The van der Waals surface area contributed by atoms with Crippen LogP contribution in [0.25, 0.3) is 27.0 Å². The Labute approximate surface area is 273 Å². The van der Waals surface area contributed by atoms with E-state index in [1.54, 1.807) is 38.2 Å². The number of nitrogens with zero attached hydrogens (tertiary/aromatic N) is 2. The summed E-state index contributed by atoms with van der Waals surface area (Å²) in [4.78, 5) is 17.1. The molecule has 46 heavy (non-hydrogen) atoms. The highest BCUT2D eigenvalue weighted by molar-refractivity contribution is 7.19. The number of hydrogen-bond donors (Lipinski definition) is 0. The number of fused-ring (bicyclic) bond motifs is 8. The van der Waals surface area contributed by atoms with Crippen molar-refractivity contribution in [2.45, 2.75) is 57.6 Å². The maximum absolute atomic E-state index is 12.5. The standard InChI is InChI=1S/C39H36N2O4S/c1-39(2,3)45-38(42)28(22-40)20-23-8-10-24(11-9-23)36-34-35(44-19-18-43-34)37(46-36)25-14-16-29(17-15-25)41-31-7-5-4-6-30(31)32-26-12-13-27(21-26)33(32)41/h4-11,14-17,20,26-27,32-33H,12-13,18-19,21H2,1-3H3/b28-20+. The summed E-state index contributed by atoms with van der Waals surface area (Å²) >= 11 is 1.66. The van der Waals surface area contributed by atoms with E-state index in [2.05, 4.69) is 53.4 Å². The molecule has 2 fully saturated rings. The molecule has 232 valence electrons. The van der Waals surface area contributed by atoms with Gasteiger partial charge in [0.05, 0.1) is 9.75 Å². The number of para-hydroxylation sites is 1. The van der Waals surface area contributed by atoms with Gasteiger partial charge in [-0.15, -0.1) is 11.3 Å². The molecule has 0 N–H and O–H groups in total. The molecule has 3 aromatic carbocycles. The average molecular weight is 629 g/mol. The Morgan fingerprint density at radius 1 is 0.913 bits per heavy atom. The van der Waals surface area contributed by atoms with Crippen LogP contribution in [0.5, 0.6) is 11.5 Å². The van der Waals surface area contributed by atoms with Crippen LogP contribution in [0.15, 0.2) is 78.4 Å². The molecule has 2 saturated carbocycles. The molecular formula is C39H36N2O4S. The molecule has 4 aliphatic rings. The number of anilines is 2. The van der Waals surface area contributed by atoms with Gasteiger partial charge in [0.15, 0.2) is 11.5 Å². The first-order valence-corrected chi connectivity index (χ1v) is 17.0. The van der Waals surface area contributed by atoms with Crippen LogP contribution < -0.4 is 14.4 Å². The van der Waals surface area contributed by atoms with Gasteiger partial charge >= 0.3 is 5.97 Å². The third kappa shape index (κ3) is 4.87. The van der Waals surface area contributed by atoms with Crippen molar-refractivity contribution in [1.82, 2.24) is 0 Å². The normalized spacial score (nSPS) is 22.7. The van der Waals surface area contributed by atoms with Crippen LogP contribution in [0.3, 0.4) is 0 Å². The van der Waals surface area contributed by atoms with Crippen LogP contribution in [0.1, 0.15) is 57.1 Å². The van der Waals surface area contributed by atoms with Crippen LogP contribution in [-0.4, -0.2) is 30.8 Å². The molecule has 0 saturated heterocycles. The van der Waals surface area contributed by atoms with Gasteiger partial charge in [0.1, 0.15) is 30.5 Å². The number of thiophene rings is 1. The molecule has 2 aliphatic carbocycles. The number of ether oxygens (including phenoxy) is 3. The van der Waals surface area contributed by atoms with Gasteiger partial charge < -0.3 is 19.1 Å². The van der Waals surface area contributed by atoms with E-state index in [4.69, 9.17) is 14.2 Å². The van der Waals surface area contributed by atoms with Crippen LogP contribution in [0.2, 0.25) is 0 Å². The van der Waals surface area contributed by atoms with Gasteiger partial charge in [-0.25, -0.2) is 4.79 Å². The summed E-state index contributed by atoms with van der Waals surface area (Å²) < 4.78 is 17.8. The number of carbonyl (C=O) groups excluding carboxylic acids is 1. The lowest BCUT2D eigenvalue weighted by atomic mass is 9.82. The quantitative estimate of drug-likeness (QED) is 0.125. The van der Waals surface area contributed by atoms with E-state index in [9.17, 15) is 10.1 Å². The third-order valence-corrected chi connectivity index (χ3v) is 11.0. The second-order valence-electron chi connectivity index (χ2n) is 13.7. The SMILES string of the molecule is CC(C)(C)OC(=O)/C(C#N)=C/c1ccc(-c2sc(-c3ccc(N4c5ccccc5C5C6CCC(C6)C54)cc3)c3c2OCCO3)cc1. The summed E-state index contributed by atoms with van der Waals surface area (Å²) in [5, 5.41) is 9.57. The molecule has 2 aliphatic heterocycles. The van der Waals surface area contributed by atoms with E-state index in [0.717, 1.165) is 49.8 Å². The first kappa shape index (κ1) is 28.9. The van der Waals surface area contributed by atoms with Crippen molar-refractivity contribution in [1.29, 1.82) is 5.26 Å². The van der Waals surface area contributed by atoms with E-state index in [1.807, 2.05) is 30.3 Å². The molecule has 3 heterocycles. The third-order valence-electron chi connectivity index (χ3n) is 9.76. The molecule has 4 atom stereocenters. The zero-order valence-corrected chi connectivity index (χ0v) is 27.1. The Hall–Kier alpha value is -4.54. The van der Waals surface area contributed by atoms with Gasteiger partial charge in [-0.3, -0.25) is 0 Å². The Morgan fingerprint density at radius 2 is 1.54 bits per heavy atom. The summed E-state index contributed by atoms with van der Waals surface area (Å²) in [6, 6.07) is 28.3. The number of carbonyl (C=O) groups is 1. The second kappa shape index (κ2) is 11.1. The van der Waals surface area contributed by atoms with E-state index in [0.29, 0.717) is 25.2 Å². The van der Waals surface area contributed by atoms with Crippen LogP contribution in [0.4, 0.5) is 11.4 Å². The minimum Gasteiger partial charge on any atom is -0.485 e. The Bertz CT molecular complexity index is 1890. The fourth-order valence-corrected chi connectivity index (χ4v) is 9.20. The molecule has 1 aromatic heterocycles. The molecule has 0 amide bonds. The lowest BCUT2D eigenvalue weighted by Crippen LogP contribution is -2.35. The molecule has 6 nitrogen and oxygen atoms in total. The molecular weight excluding hydrogens is 593 g/mol. The van der Waals surface area contributed by atoms with E-state index >= 15 is 0 Å². The first-order chi connectivity index (χ1) is 22.3. The predicted molar refractivity (Wildman–Crippen MR) is 182 cm³/mol. The van der Waals surface area contributed by atoms with Crippen molar-refractivity contribution >= 4 is 34.8 Å². The molecule has 7 heteroatoms. The zero-order valence-electron chi connectivity index (χ0n) is 26.3. The van der Waals surface area contributed by atoms with Crippen LogP contribution >= 0.6 is 11.3 Å². The van der Waals surface area contributed by atoms with Crippen molar-refractivity contribution in [2.24, 2.45) is 11.8 Å². The monoisotopic (exact) mass is 628 g/mol. The summed E-state index contributed by atoms with van der Waals surface area (Å²) in [6.07, 6.45) is 5.63. The minimum atomic E-state index is -0.673. The molecule has 0 radical (unpaired) electrons. The first-order valence-electron chi connectivity index (χ1n) is 16.2. The number of esters is 1. The van der Waals surface area contributed by atoms with Gasteiger partial charge in [0, 0.05) is 23.3 Å². The summed E-state index contributed by atoms with van der Waals surface area (Å²) in [7, 11) is 0. The van der Waals surface area contributed by atoms with Gasteiger partial charge in [0.2, 0.25) is 0 Å². The largest absolute Gasteiger partial charge is 0.485 e. The Morgan fingerprint density at radius 3 is 2.20 bits per heavy atom. The number of nitriles is 1.